The Hall–Kier alpha value is -2.20. The van der Waals surface area contributed by atoms with E-state index in [1.165, 1.54) is 0 Å². The van der Waals surface area contributed by atoms with Gasteiger partial charge < -0.3 is 10.5 Å². The van der Waals surface area contributed by atoms with Gasteiger partial charge in [-0.3, -0.25) is 9.78 Å². The zero-order valence-corrected chi connectivity index (χ0v) is 10.0. The van der Waals surface area contributed by atoms with Gasteiger partial charge in [0.25, 0.3) is 0 Å². The number of carbonyl (C=O) groups excluding carboxylic acids is 1. The predicted octanol–water partition coefficient (Wildman–Crippen LogP) is 1.97. The Balaban J connectivity index is 2.25. The lowest BCUT2D eigenvalue weighted by molar-refractivity contribution is 0.0961. The first-order chi connectivity index (χ1) is 8.72. The van der Waals surface area contributed by atoms with Crippen LogP contribution >= 0.6 is 0 Å². The molecule has 0 spiro atoms. The molecule has 4 nitrogen and oxygen atoms in total. The molecule has 18 heavy (non-hydrogen) atoms. The maximum Gasteiger partial charge on any atom is 0.184 e. The molecule has 1 atom stereocenters. The van der Waals surface area contributed by atoms with Crippen LogP contribution in [0, 0.1) is 0 Å². The van der Waals surface area contributed by atoms with Crippen LogP contribution in [0.15, 0.2) is 48.8 Å². The second-order valence-corrected chi connectivity index (χ2v) is 3.85. The number of hydrogen-bond acceptors (Lipinski definition) is 4. The molecule has 1 heterocycles. The number of nitrogens with zero attached hydrogens (tertiary/aromatic N) is 1. The Morgan fingerprint density at radius 2 is 2.00 bits per heavy atom. The highest BCUT2D eigenvalue weighted by molar-refractivity contribution is 6.00. The van der Waals surface area contributed by atoms with E-state index >= 15 is 0 Å². The molecule has 0 amide bonds. The molecular formula is C14H14N2O2. The third-order valence-corrected chi connectivity index (χ3v) is 2.70. The summed E-state index contributed by atoms with van der Waals surface area (Å²) >= 11 is 0. The molecule has 0 aliphatic rings. The van der Waals surface area contributed by atoms with Gasteiger partial charge in [0.1, 0.15) is 5.75 Å². The van der Waals surface area contributed by atoms with E-state index in [1.54, 1.807) is 55.9 Å². The van der Waals surface area contributed by atoms with Crippen molar-refractivity contribution in [3.8, 4) is 5.75 Å². The zero-order chi connectivity index (χ0) is 13.0. The predicted molar refractivity (Wildman–Crippen MR) is 68.5 cm³/mol. The fourth-order valence-corrected chi connectivity index (χ4v) is 1.68. The summed E-state index contributed by atoms with van der Waals surface area (Å²) in [4.78, 5) is 16.1. The molecule has 1 unspecified atom stereocenters. The summed E-state index contributed by atoms with van der Waals surface area (Å²) < 4.78 is 5.09. The first-order valence-electron chi connectivity index (χ1n) is 5.56. The van der Waals surface area contributed by atoms with Gasteiger partial charge >= 0.3 is 0 Å². The summed E-state index contributed by atoms with van der Waals surface area (Å²) in [5.74, 6) is 0.503. The lowest BCUT2D eigenvalue weighted by Crippen LogP contribution is -2.21. The molecule has 0 aliphatic carbocycles. The third kappa shape index (κ3) is 2.55. The molecule has 0 saturated heterocycles. The Labute approximate surface area is 105 Å². The van der Waals surface area contributed by atoms with Gasteiger partial charge in [0, 0.05) is 18.0 Å². The van der Waals surface area contributed by atoms with E-state index in [9.17, 15) is 4.79 Å². The van der Waals surface area contributed by atoms with E-state index in [2.05, 4.69) is 4.98 Å². The van der Waals surface area contributed by atoms with Gasteiger partial charge in [0.15, 0.2) is 5.78 Å². The average Bonchev–Trinajstić information content (AvgIpc) is 2.46. The Kier molecular flexibility index (Phi) is 3.69. The number of methoxy groups -OCH3 is 1. The number of Topliss-reactive ketones (excluding diaryl/α,β-unsaturated/α-hetero) is 1. The minimum atomic E-state index is -0.680. The molecule has 4 heteroatoms. The standard InChI is InChI=1S/C14H14N2O2/c1-18-12-4-2-3-11(9-12)14(17)13(15)10-5-7-16-8-6-10/h2-9,13H,15H2,1H3. The van der Waals surface area contributed by atoms with Crippen LogP contribution in [0.3, 0.4) is 0 Å². The number of ketones is 1. The van der Waals surface area contributed by atoms with Crippen molar-refractivity contribution in [2.45, 2.75) is 6.04 Å². The van der Waals surface area contributed by atoms with Crippen molar-refractivity contribution in [1.29, 1.82) is 0 Å². The quantitative estimate of drug-likeness (QED) is 0.832. The maximum absolute atomic E-state index is 12.2. The van der Waals surface area contributed by atoms with E-state index in [0.29, 0.717) is 11.3 Å². The molecule has 0 bridgehead atoms. The highest BCUT2D eigenvalue weighted by atomic mass is 16.5. The molecule has 2 N–H and O–H groups in total. The highest BCUT2D eigenvalue weighted by Crippen LogP contribution is 2.19. The maximum atomic E-state index is 12.2. The number of rotatable bonds is 4. The van der Waals surface area contributed by atoms with E-state index in [1.807, 2.05) is 0 Å². The van der Waals surface area contributed by atoms with E-state index in [-0.39, 0.29) is 5.78 Å². The smallest absolute Gasteiger partial charge is 0.184 e. The van der Waals surface area contributed by atoms with E-state index < -0.39 is 6.04 Å². The lowest BCUT2D eigenvalue weighted by atomic mass is 9.99. The van der Waals surface area contributed by atoms with Gasteiger partial charge in [-0.15, -0.1) is 0 Å². The number of aromatic nitrogens is 1. The fraction of sp³-hybridized carbons (Fsp3) is 0.143. The highest BCUT2D eigenvalue weighted by Gasteiger charge is 2.17. The molecule has 1 aromatic heterocycles. The van der Waals surface area contributed by atoms with Crippen LogP contribution in [-0.4, -0.2) is 17.9 Å². The first-order valence-corrected chi connectivity index (χ1v) is 5.56. The van der Waals surface area contributed by atoms with Crippen LogP contribution in [0.1, 0.15) is 22.0 Å². The summed E-state index contributed by atoms with van der Waals surface area (Å²) in [6, 6.07) is 9.76. The Bertz CT molecular complexity index is 541. The van der Waals surface area contributed by atoms with E-state index in [4.69, 9.17) is 10.5 Å². The monoisotopic (exact) mass is 242 g/mol. The molecule has 0 radical (unpaired) electrons. The van der Waals surface area contributed by atoms with Crippen molar-refractivity contribution >= 4 is 5.78 Å². The number of pyridine rings is 1. The second kappa shape index (κ2) is 5.42. The van der Waals surface area contributed by atoms with Crippen molar-refractivity contribution in [2.24, 2.45) is 5.73 Å². The average molecular weight is 242 g/mol. The molecule has 2 rings (SSSR count). The van der Waals surface area contributed by atoms with Gasteiger partial charge in [-0.1, -0.05) is 12.1 Å². The van der Waals surface area contributed by atoms with Gasteiger partial charge in [-0.2, -0.15) is 0 Å². The molecule has 92 valence electrons. The number of carbonyl (C=O) groups is 1. The molecule has 0 aliphatic heterocycles. The summed E-state index contributed by atoms with van der Waals surface area (Å²) in [7, 11) is 1.56. The number of hydrogen-bond donors (Lipinski definition) is 1. The molecular weight excluding hydrogens is 228 g/mol. The minimum absolute atomic E-state index is 0.139. The SMILES string of the molecule is COc1cccc(C(=O)C(N)c2ccncc2)c1. The summed E-state index contributed by atoms with van der Waals surface area (Å²) in [6.07, 6.45) is 3.24. The van der Waals surface area contributed by atoms with Crippen molar-refractivity contribution < 1.29 is 9.53 Å². The number of nitrogens with two attached hydrogens (primary N) is 1. The van der Waals surface area contributed by atoms with Crippen LogP contribution in [0.4, 0.5) is 0 Å². The summed E-state index contributed by atoms with van der Waals surface area (Å²) in [5.41, 5.74) is 7.23. The first kappa shape index (κ1) is 12.3. The van der Waals surface area contributed by atoms with Crippen LogP contribution in [-0.2, 0) is 0 Å². The third-order valence-electron chi connectivity index (χ3n) is 2.70. The molecule has 2 aromatic rings. The summed E-state index contributed by atoms with van der Waals surface area (Å²) in [6.45, 7) is 0. The molecule has 1 aromatic carbocycles. The number of ether oxygens (including phenoxy) is 1. The minimum Gasteiger partial charge on any atom is -0.497 e. The van der Waals surface area contributed by atoms with Crippen LogP contribution < -0.4 is 10.5 Å². The number of benzene rings is 1. The van der Waals surface area contributed by atoms with Crippen molar-refractivity contribution in [3.05, 3.63) is 59.9 Å². The largest absolute Gasteiger partial charge is 0.497 e. The Morgan fingerprint density at radius 1 is 1.28 bits per heavy atom. The van der Waals surface area contributed by atoms with Crippen LogP contribution in [0.5, 0.6) is 5.75 Å². The second-order valence-electron chi connectivity index (χ2n) is 3.85. The normalized spacial score (nSPS) is 11.9. The van der Waals surface area contributed by atoms with Crippen molar-refractivity contribution in [2.75, 3.05) is 7.11 Å². The van der Waals surface area contributed by atoms with Crippen LogP contribution in [0.25, 0.3) is 0 Å². The fourth-order valence-electron chi connectivity index (χ4n) is 1.68. The van der Waals surface area contributed by atoms with Crippen LogP contribution in [0.2, 0.25) is 0 Å². The zero-order valence-electron chi connectivity index (χ0n) is 10.0. The van der Waals surface area contributed by atoms with Gasteiger partial charge in [0.05, 0.1) is 13.2 Å². The summed E-state index contributed by atoms with van der Waals surface area (Å²) in [5, 5.41) is 0. The van der Waals surface area contributed by atoms with Crippen molar-refractivity contribution in [1.82, 2.24) is 4.98 Å². The lowest BCUT2D eigenvalue weighted by Gasteiger charge is -2.11. The molecule has 0 fully saturated rings. The van der Waals surface area contributed by atoms with Gasteiger partial charge in [0.2, 0.25) is 0 Å². The van der Waals surface area contributed by atoms with Gasteiger partial charge in [-0.25, -0.2) is 0 Å². The topological polar surface area (TPSA) is 65.2 Å². The Morgan fingerprint density at radius 3 is 2.67 bits per heavy atom. The van der Waals surface area contributed by atoms with Gasteiger partial charge in [-0.05, 0) is 29.8 Å². The van der Waals surface area contributed by atoms with E-state index in [0.717, 1.165) is 5.56 Å². The molecule has 0 saturated carbocycles. The van der Waals surface area contributed by atoms with Crippen molar-refractivity contribution in [3.63, 3.8) is 0 Å².